The highest BCUT2D eigenvalue weighted by Gasteiger charge is 2.23. The molecule has 3 aromatic rings. The van der Waals surface area contributed by atoms with Crippen LogP contribution < -0.4 is 5.32 Å². The summed E-state index contributed by atoms with van der Waals surface area (Å²) in [5, 5.41) is 6.51. The van der Waals surface area contributed by atoms with Gasteiger partial charge < -0.3 is 9.84 Å². The molecular formula is C19H19FN4O5S. The molecule has 158 valence electrons. The van der Waals surface area contributed by atoms with Gasteiger partial charge in [-0.15, -0.1) is 0 Å². The summed E-state index contributed by atoms with van der Waals surface area (Å²) < 4.78 is 43.6. The molecule has 1 amide bonds. The van der Waals surface area contributed by atoms with E-state index in [1.54, 1.807) is 6.92 Å². The fraction of sp³-hybridized carbons (Fsp3) is 0.211. The number of halogens is 1. The zero-order chi connectivity index (χ0) is 21.9. The number of amides is 1. The number of rotatable bonds is 7. The van der Waals surface area contributed by atoms with E-state index in [0.29, 0.717) is 10.0 Å². The number of benzene rings is 2. The number of aromatic nitrogens is 2. The minimum atomic E-state index is -3.89. The predicted octanol–water partition coefficient (Wildman–Crippen LogP) is 2.55. The van der Waals surface area contributed by atoms with Gasteiger partial charge in [0, 0.05) is 18.2 Å². The van der Waals surface area contributed by atoms with E-state index in [1.807, 2.05) is 0 Å². The zero-order valence-electron chi connectivity index (χ0n) is 16.4. The maximum atomic E-state index is 13.0. The Bertz CT molecular complexity index is 1150. The van der Waals surface area contributed by atoms with Crippen molar-refractivity contribution in [3.63, 3.8) is 0 Å². The molecule has 1 heterocycles. The molecule has 2 aromatic carbocycles. The Labute approximate surface area is 172 Å². The van der Waals surface area contributed by atoms with Gasteiger partial charge in [0.2, 0.25) is 11.7 Å². The quantitative estimate of drug-likeness (QED) is 0.568. The summed E-state index contributed by atoms with van der Waals surface area (Å²) in [4.78, 5) is 21.4. The molecule has 3 rings (SSSR count). The fourth-order valence-electron chi connectivity index (χ4n) is 2.51. The largest absolute Gasteiger partial charge is 0.341 e. The van der Waals surface area contributed by atoms with Crippen molar-refractivity contribution in [2.24, 2.45) is 0 Å². The van der Waals surface area contributed by atoms with E-state index in [9.17, 15) is 17.6 Å². The average molecular weight is 434 g/mol. The highest BCUT2D eigenvalue weighted by Crippen LogP contribution is 2.20. The van der Waals surface area contributed by atoms with Gasteiger partial charge in [-0.2, -0.15) is 4.98 Å². The molecule has 9 nitrogen and oxygen atoms in total. The molecule has 11 heteroatoms. The number of nitrogens with one attached hydrogen (secondary N) is 1. The summed E-state index contributed by atoms with van der Waals surface area (Å²) in [6, 6.07) is 10.5. The summed E-state index contributed by atoms with van der Waals surface area (Å²) in [5.74, 6) is -0.516. The first kappa shape index (κ1) is 21.6. The molecular weight excluding hydrogens is 415 g/mol. The van der Waals surface area contributed by atoms with Crippen LogP contribution in [0.4, 0.5) is 4.39 Å². The zero-order valence-corrected chi connectivity index (χ0v) is 17.2. The SMILES string of the molecule is CON(C)S(=O)(=O)c1cccc(C(=O)NC(C)c2nc(-c3ccc(F)cc3)no2)c1. The summed E-state index contributed by atoms with van der Waals surface area (Å²) >= 11 is 0. The van der Waals surface area contributed by atoms with E-state index in [2.05, 4.69) is 15.5 Å². The number of carbonyl (C=O) groups is 1. The number of nitrogens with zero attached hydrogens (tertiary/aromatic N) is 3. The molecule has 0 bridgehead atoms. The van der Waals surface area contributed by atoms with Crippen molar-refractivity contribution in [1.29, 1.82) is 0 Å². The van der Waals surface area contributed by atoms with Crippen molar-refractivity contribution < 1.29 is 27.0 Å². The van der Waals surface area contributed by atoms with Crippen molar-refractivity contribution in [3.8, 4) is 11.4 Å². The van der Waals surface area contributed by atoms with E-state index in [0.717, 1.165) is 0 Å². The van der Waals surface area contributed by atoms with E-state index < -0.39 is 22.0 Å². The van der Waals surface area contributed by atoms with E-state index in [-0.39, 0.29) is 28.0 Å². The van der Waals surface area contributed by atoms with Crippen LogP contribution in [0.15, 0.2) is 57.9 Å². The van der Waals surface area contributed by atoms with Gasteiger partial charge in [0.25, 0.3) is 15.9 Å². The normalized spacial score (nSPS) is 12.7. The highest BCUT2D eigenvalue weighted by atomic mass is 32.2. The Morgan fingerprint density at radius 2 is 1.93 bits per heavy atom. The third-order valence-corrected chi connectivity index (χ3v) is 5.93. The van der Waals surface area contributed by atoms with Crippen LogP contribution in [-0.4, -0.2) is 43.1 Å². The second-order valence-corrected chi connectivity index (χ2v) is 8.22. The van der Waals surface area contributed by atoms with Gasteiger partial charge >= 0.3 is 0 Å². The molecule has 0 spiro atoms. The first-order valence-corrected chi connectivity index (χ1v) is 10.2. The lowest BCUT2D eigenvalue weighted by molar-refractivity contribution is -0.0258. The molecule has 1 aromatic heterocycles. The van der Waals surface area contributed by atoms with Crippen LogP contribution in [0.25, 0.3) is 11.4 Å². The monoisotopic (exact) mass is 434 g/mol. The van der Waals surface area contributed by atoms with Gasteiger partial charge in [0.1, 0.15) is 11.9 Å². The minimum absolute atomic E-state index is 0.0939. The van der Waals surface area contributed by atoms with Crippen molar-refractivity contribution in [2.75, 3.05) is 14.2 Å². The summed E-state index contributed by atoms with van der Waals surface area (Å²) in [5.41, 5.74) is 0.691. The Morgan fingerprint density at radius 3 is 2.60 bits per heavy atom. The number of hydrogen-bond acceptors (Lipinski definition) is 7. The molecule has 1 atom stereocenters. The molecule has 0 radical (unpaired) electrons. The Morgan fingerprint density at radius 1 is 1.23 bits per heavy atom. The lowest BCUT2D eigenvalue weighted by atomic mass is 10.2. The lowest BCUT2D eigenvalue weighted by Gasteiger charge is -2.15. The van der Waals surface area contributed by atoms with Crippen molar-refractivity contribution in [1.82, 2.24) is 19.9 Å². The van der Waals surface area contributed by atoms with Crippen LogP contribution in [0, 0.1) is 5.82 Å². The van der Waals surface area contributed by atoms with Crippen molar-refractivity contribution >= 4 is 15.9 Å². The molecule has 0 saturated carbocycles. The third-order valence-electron chi connectivity index (χ3n) is 4.25. The van der Waals surface area contributed by atoms with Gasteiger partial charge in [-0.1, -0.05) is 15.7 Å². The highest BCUT2D eigenvalue weighted by molar-refractivity contribution is 7.89. The van der Waals surface area contributed by atoms with E-state index in [4.69, 9.17) is 9.36 Å². The first-order valence-electron chi connectivity index (χ1n) is 8.76. The topological polar surface area (TPSA) is 115 Å². The smallest absolute Gasteiger partial charge is 0.264 e. The number of sulfonamides is 1. The predicted molar refractivity (Wildman–Crippen MR) is 104 cm³/mol. The van der Waals surface area contributed by atoms with E-state index in [1.165, 1.54) is 62.7 Å². The second-order valence-electron chi connectivity index (χ2n) is 6.28. The maximum Gasteiger partial charge on any atom is 0.264 e. The molecule has 0 aliphatic heterocycles. The van der Waals surface area contributed by atoms with Crippen LogP contribution in [0.5, 0.6) is 0 Å². The first-order chi connectivity index (χ1) is 14.2. The maximum absolute atomic E-state index is 13.0. The van der Waals surface area contributed by atoms with Crippen molar-refractivity contribution in [3.05, 3.63) is 65.8 Å². The lowest BCUT2D eigenvalue weighted by Crippen LogP contribution is -2.28. The molecule has 0 fully saturated rings. The summed E-state index contributed by atoms with van der Waals surface area (Å²) in [6.45, 7) is 1.64. The number of hydrogen-bond donors (Lipinski definition) is 1. The van der Waals surface area contributed by atoms with Gasteiger partial charge in [-0.25, -0.2) is 12.8 Å². The molecule has 0 aliphatic rings. The minimum Gasteiger partial charge on any atom is -0.341 e. The van der Waals surface area contributed by atoms with Crippen LogP contribution in [-0.2, 0) is 14.9 Å². The Hall–Kier alpha value is -3.15. The van der Waals surface area contributed by atoms with Crippen LogP contribution >= 0.6 is 0 Å². The summed E-state index contributed by atoms with van der Waals surface area (Å²) in [7, 11) is -1.42. The van der Waals surface area contributed by atoms with Crippen LogP contribution in [0.1, 0.15) is 29.2 Å². The van der Waals surface area contributed by atoms with Gasteiger partial charge in [0.05, 0.1) is 12.0 Å². The van der Waals surface area contributed by atoms with Gasteiger partial charge in [-0.3, -0.25) is 9.63 Å². The summed E-state index contributed by atoms with van der Waals surface area (Å²) in [6.07, 6.45) is 0. The van der Waals surface area contributed by atoms with Gasteiger partial charge in [0.15, 0.2) is 0 Å². The number of carbonyl (C=O) groups excluding carboxylic acids is 1. The second kappa shape index (κ2) is 8.69. The average Bonchev–Trinajstić information content (AvgIpc) is 3.24. The molecule has 1 unspecified atom stereocenters. The molecule has 0 aliphatic carbocycles. The fourth-order valence-corrected chi connectivity index (χ4v) is 3.53. The van der Waals surface area contributed by atoms with Crippen LogP contribution in [0.3, 0.4) is 0 Å². The number of hydroxylamine groups is 1. The molecule has 1 N–H and O–H groups in total. The van der Waals surface area contributed by atoms with Crippen LogP contribution in [0.2, 0.25) is 0 Å². The van der Waals surface area contributed by atoms with E-state index >= 15 is 0 Å². The molecule has 0 saturated heterocycles. The molecule has 30 heavy (non-hydrogen) atoms. The Balaban J connectivity index is 1.75. The van der Waals surface area contributed by atoms with Crippen molar-refractivity contribution in [2.45, 2.75) is 17.9 Å². The standard InChI is InChI=1S/C19H19FN4O5S/c1-12(19-22-17(23-29-19)13-7-9-15(20)10-8-13)21-18(25)14-5-4-6-16(11-14)30(26,27)24(2)28-3/h4-12H,1-3H3,(H,21,25). The third kappa shape index (κ3) is 4.53. The van der Waals surface area contributed by atoms with Gasteiger partial charge in [-0.05, 0) is 49.4 Å². The Kier molecular flexibility index (Phi) is 6.25.